The number of aromatic nitrogens is 5. The van der Waals surface area contributed by atoms with Gasteiger partial charge in [-0.25, -0.2) is 24.1 Å². The van der Waals surface area contributed by atoms with E-state index in [1.165, 1.54) is 4.57 Å². The van der Waals surface area contributed by atoms with Crippen LogP contribution in [0.1, 0.15) is 44.8 Å². The van der Waals surface area contributed by atoms with Crippen LogP contribution in [-0.2, 0) is 34.3 Å². The smallest absolute Gasteiger partial charge is 0.387 e. The average Bonchev–Trinajstić information content (AvgIpc) is 3.69. The zero-order valence-corrected chi connectivity index (χ0v) is 35.6. The van der Waals surface area contributed by atoms with Crippen LogP contribution in [0.5, 0.6) is 0 Å². The molecule has 0 radical (unpaired) electrons. The first kappa shape index (κ1) is 45.0. The van der Waals surface area contributed by atoms with Gasteiger partial charge in [0.05, 0.1) is 6.61 Å². The van der Waals surface area contributed by atoms with Gasteiger partial charge in [-0.2, -0.15) is 4.57 Å². The second kappa shape index (κ2) is 19.0. The molecule has 0 saturated carbocycles. The first-order valence-electron chi connectivity index (χ1n) is 19.4. The fourth-order valence-corrected chi connectivity index (χ4v) is 8.07. The molecule has 0 bridgehead atoms. The van der Waals surface area contributed by atoms with E-state index in [2.05, 4.69) is 86.9 Å². The summed E-state index contributed by atoms with van der Waals surface area (Å²) >= 11 is 0. The highest BCUT2D eigenvalue weighted by Crippen LogP contribution is 2.47. The molecule has 0 aliphatic carbocycles. The minimum Gasteiger partial charge on any atom is -0.387 e. The minimum absolute atomic E-state index is 0.00534. The van der Waals surface area contributed by atoms with Crippen molar-refractivity contribution in [1.82, 2.24) is 24.8 Å². The molecule has 1 saturated heterocycles. The summed E-state index contributed by atoms with van der Waals surface area (Å²) in [6.45, 7) is 0.747. The van der Waals surface area contributed by atoms with E-state index < -0.39 is 46.8 Å². The van der Waals surface area contributed by atoms with Crippen LogP contribution < -0.4 is 30.7 Å². The third-order valence-electron chi connectivity index (χ3n) is 10.2. The monoisotopic (exact) mass is 875 g/mol. The van der Waals surface area contributed by atoms with Gasteiger partial charge in [-0.15, -0.1) is 0 Å². The number of hydrogen-bond donors (Lipinski definition) is 8. The summed E-state index contributed by atoms with van der Waals surface area (Å²) in [5.41, 5.74) is 10.7. The van der Waals surface area contributed by atoms with Crippen molar-refractivity contribution >= 4 is 77.7 Å². The van der Waals surface area contributed by atoms with Crippen molar-refractivity contribution in [3.05, 3.63) is 48.8 Å². The number of aryl methyl sites for hydroxylation is 1. The molecule has 326 valence electrons. The first-order chi connectivity index (χ1) is 28.4. The molecule has 1 aliphatic rings. The maximum absolute atomic E-state index is 12.9. The van der Waals surface area contributed by atoms with Crippen LogP contribution >= 0.6 is 15.6 Å². The average molecular weight is 876 g/mol. The number of pyridine rings is 1. The van der Waals surface area contributed by atoms with E-state index in [0.717, 1.165) is 58.8 Å². The number of nitrogens with two attached hydrogens (primary N) is 1. The lowest BCUT2D eigenvalue weighted by atomic mass is 10.1. The maximum Gasteiger partial charge on any atom is 0.470 e. The molecule has 0 unspecified atom stereocenters. The Morgan fingerprint density at radius 1 is 0.900 bits per heavy atom. The van der Waals surface area contributed by atoms with E-state index in [-0.39, 0.29) is 28.8 Å². The molecule has 4 heterocycles. The Morgan fingerprint density at radius 2 is 1.53 bits per heavy atom. The van der Waals surface area contributed by atoms with Crippen molar-refractivity contribution in [1.29, 1.82) is 0 Å². The molecule has 9 N–H and O–H groups in total. The number of nitrogens with one attached hydrogen (secondary N) is 2. The van der Waals surface area contributed by atoms with Crippen molar-refractivity contribution in [2.45, 2.75) is 69.6 Å². The Bertz CT molecular complexity index is 2340. The molecule has 0 spiro atoms. The number of phosphoric acid groups is 2. The highest BCUT2D eigenvalue weighted by atomic mass is 31.2. The van der Waals surface area contributed by atoms with Crippen LogP contribution in [0.15, 0.2) is 48.8 Å². The van der Waals surface area contributed by atoms with E-state index in [4.69, 9.17) is 15.0 Å². The maximum atomic E-state index is 12.9. The van der Waals surface area contributed by atoms with Gasteiger partial charge in [0.15, 0.2) is 23.2 Å². The number of hydrogen-bond acceptors (Lipinski definition) is 14. The van der Waals surface area contributed by atoms with Crippen LogP contribution in [0.2, 0.25) is 0 Å². The number of phosphoric ester groups is 2. The van der Waals surface area contributed by atoms with Gasteiger partial charge in [-0.1, -0.05) is 12.8 Å². The number of aliphatic hydroxyl groups is 1. The van der Waals surface area contributed by atoms with Gasteiger partial charge in [0.25, 0.3) is 0 Å². The fraction of sp³-hybridized carbons (Fsp3) is 0.486. The number of rotatable bonds is 20. The van der Waals surface area contributed by atoms with E-state index >= 15 is 0 Å². The molecule has 21 nitrogen and oxygen atoms in total. The summed E-state index contributed by atoms with van der Waals surface area (Å²) in [5, 5.41) is 19.3. The van der Waals surface area contributed by atoms with Gasteiger partial charge in [0.2, 0.25) is 22.9 Å². The van der Waals surface area contributed by atoms with Crippen molar-refractivity contribution in [2.75, 3.05) is 68.7 Å². The number of aliphatic hydroxyl groups excluding tert-OH is 1. The van der Waals surface area contributed by atoms with Crippen LogP contribution in [-0.4, -0.2) is 116 Å². The van der Waals surface area contributed by atoms with Gasteiger partial charge < -0.3 is 55.6 Å². The molecule has 3 aromatic heterocycles. The van der Waals surface area contributed by atoms with E-state index in [1.807, 2.05) is 28.2 Å². The number of anilines is 4. The molecule has 6 rings (SSSR count). The third kappa shape index (κ3) is 11.0. The largest absolute Gasteiger partial charge is 0.470 e. The first-order valence-corrected chi connectivity index (χ1v) is 22.5. The number of unbranched alkanes of at least 4 members (excludes halogenated alkanes) is 3. The number of carbonyl (C=O) groups excluding carboxylic acids is 1. The molecule has 1 fully saturated rings. The summed E-state index contributed by atoms with van der Waals surface area (Å²) in [4.78, 5) is 67.3. The summed E-state index contributed by atoms with van der Waals surface area (Å²) in [5.74, 6) is 0.0829. The molecule has 5 aromatic rings. The molecular weight excluding hydrogens is 822 g/mol. The van der Waals surface area contributed by atoms with Crippen molar-refractivity contribution in [3.63, 3.8) is 0 Å². The Hall–Kier alpha value is -4.53. The predicted molar refractivity (Wildman–Crippen MR) is 224 cm³/mol. The summed E-state index contributed by atoms with van der Waals surface area (Å²) < 4.78 is 42.0. The number of nitrogen functional groups attached to an aromatic ring is 1. The third-order valence-corrected chi connectivity index (χ3v) is 11.2. The highest BCUT2D eigenvalue weighted by Gasteiger charge is 2.50. The van der Waals surface area contributed by atoms with Gasteiger partial charge in [0.1, 0.15) is 31.2 Å². The summed E-state index contributed by atoms with van der Waals surface area (Å²) in [6, 6.07) is 15.1. The molecule has 60 heavy (non-hydrogen) atoms. The molecule has 4 atom stereocenters. The normalized spacial score (nSPS) is 18.4. The Morgan fingerprint density at radius 3 is 2.13 bits per heavy atom. The predicted octanol–water partition coefficient (Wildman–Crippen LogP) is 2.55. The lowest BCUT2D eigenvalue weighted by Gasteiger charge is -2.23. The molecule has 2 aromatic carbocycles. The minimum atomic E-state index is -5.22. The lowest BCUT2D eigenvalue weighted by Crippen LogP contribution is -2.37. The van der Waals surface area contributed by atoms with Gasteiger partial charge in [-0.3, -0.25) is 18.4 Å². The second-order valence-corrected chi connectivity index (χ2v) is 17.4. The second-order valence-electron chi connectivity index (χ2n) is 15.0. The number of nitrogens with zero attached hydrogens (tertiary/aromatic N) is 7. The summed E-state index contributed by atoms with van der Waals surface area (Å²) in [6.07, 6.45) is -1.31. The zero-order valence-electron chi connectivity index (χ0n) is 33.8. The van der Waals surface area contributed by atoms with Crippen molar-refractivity contribution < 1.29 is 57.0 Å². The molecular formula is C37H53N10O11P2+. The van der Waals surface area contributed by atoms with Crippen LogP contribution in [0.3, 0.4) is 0 Å². The zero-order chi connectivity index (χ0) is 43.4. The van der Waals surface area contributed by atoms with Gasteiger partial charge in [0, 0.05) is 88.4 Å². The van der Waals surface area contributed by atoms with Crippen LogP contribution in [0.4, 0.5) is 23.1 Å². The molecule has 23 heteroatoms. The fourth-order valence-electron chi connectivity index (χ4n) is 7.19. The Kier molecular flexibility index (Phi) is 14.3. The molecule has 1 aliphatic heterocycles. The van der Waals surface area contributed by atoms with E-state index in [0.29, 0.717) is 38.9 Å². The topological polar surface area (TPSA) is 284 Å². The summed E-state index contributed by atoms with van der Waals surface area (Å²) in [7, 11) is -2.13. The van der Waals surface area contributed by atoms with Crippen LogP contribution in [0, 0.1) is 0 Å². The Labute approximate surface area is 346 Å². The Balaban J connectivity index is 1.01. The molecule has 1 amide bonds. The highest BCUT2D eigenvalue weighted by molar-refractivity contribution is 7.46. The lowest BCUT2D eigenvalue weighted by molar-refractivity contribution is -0.645. The SMILES string of the molecule is CN(C)c1ccc2cc3ccc(N(C)C)cc3[n+](CCCC(=O)NCCCCCCNc3nc4c(N)ncnc4n3[C@@H]3O[C@H](COP(=O)(O)O)[C@@H](O)[C@H]3OP(=O)(O)O)c2c1. The van der Waals surface area contributed by atoms with Gasteiger partial charge >= 0.3 is 15.6 Å². The number of carbonyl (C=O) groups is 1. The van der Waals surface area contributed by atoms with E-state index in [9.17, 15) is 38.6 Å². The van der Waals surface area contributed by atoms with Crippen LogP contribution in [0.25, 0.3) is 33.0 Å². The van der Waals surface area contributed by atoms with Crippen molar-refractivity contribution in [3.8, 4) is 0 Å². The number of imidazole rings is 1. The van der Waals surface area contributed by atoms with E-state index in [1.54, 1.807) is 0 Å². The number of amides is 1. The number of ether oxygens (including phenoxy) is 1. The number of benzene rings is 2. The standard InChI is InChI=1S/C37H52N10O11P2/c1-44(2)25-13-11-23-18-24-12-14-26(45(3)4)20-28(24)46(27(23)19-25)17-9-10-30(48)39-15-7-5-6-8-16-40-37-43-31-34(38)41-22-42-35(31)47(37)36-33(58-60(53,54)55)32(49)29(57-36)21-56-59(50,51)52/h11-14,18-20,22,29,32-33,36,49H,5-10,15-17,21H2,1-4H3,(H7-,38,39,40,41,42,43,48,50,51,52,53,54,55)/p+1/t29-,32-,33-,36-/m1/s1. The van der Waals surface area contributed by atoms with Crippen molar-refractivity contribution in [2.24, 2.45) is 0 Å². The van der Waals surface area contributed by atoms with Gasteiger partial charge in [-0.05, 0) is 43.2 Å². The quantitative estimate of drug-likeness (QED) is 0.0241. The number of fused-ring (bicyclic) bond motifs is 3.